The Morgan fingerprint density at radius 2 is 1.82 bits per heavy atom. The van der Waals surface area contributed by atoms with Crippen LogP contribution >= 0.6 is 0 Å². The maximum atomic E-state index is 11.6. The van der Waals surface area contributed by atoms with Crippen molar-refractivity contribution in [2.24, 2.45) is 0 Å². The molecule has 3 N–H and O–H groups in total. The molecular weight excluding hydrogens is 414 g/mol. The molecule has 5 heteroatoms. The van der Waals surface area contributed by atoms with E-state index in [9.17, 15) is 15.0 Å². The summed E-state index contributed by atoms with van der Waals surface area (Å²) in [6.45, 7) is 3.01. The number of benzene rings is 3. The summed E-state index contributed by atoms with van der Waals surface area (Å²) >= 11 is 0. The minimum Gasteiger partial charge on any atom is -0.493 e. The number of aromatic carboxylic acids is 1. The van der Waals surface area contributed by atoms with Crippen LogP contribution in [0.3, 0.4) is 0 Å². The fourth-order valence-corrected chi connectivity index (χ4v) is 4.39. The number of carboxylic acids is 1. The van der Waals surface area contributed by atoms with Gasteiger partial charge in [0.05, 0.1) is 12.7 Å². The molecule has 1 aliphatic carbocycles. The highest BCUT2D eigenvalue weighted by molar-refractivity contribution is 5.92. The van der Waals surface area contributed by atoms with Gasteiger partial charge in [-0.1, -0.05) is 61.5 Å². The molecule has 0 unspecified atom stereocenters. The van der Waals surface area contributed by atoms with Crippen molar-refractivity contribution in [1.82, 2.24) is 5.32 Å². The molecule has 5 nitrogen and oxygen atoms in total. The molecule has 3 aromatic rings. The zero-order chi connectivity index (χ0) is 23.2. The topological polar surface area (TPSA) is 78.8 Å². The van der Waals surface area contributed by atoms with Crippen LogP contribution in [-0.2, 0) is 12.8 Å². The Bertz CT molecular complexity index is 1100. The monoisotopic (exact) mass is 445 g/mol. The number of carbonyl (C=O) groups is 1. The molecule has 0 saturated carbocycles. The molecule has 0 heterocycles. The Hall–Kier alpha value is -3.15. The number of fused-ring (bicyclic) bond motifs is 1. The highest BCUT2D eigenvalue weighted by Crippen LogP contribution is 2.31. The summed E-state index contributed by atoms with van der Waals surface area (Å²) in [4.78, 5) is 11.6. The normalized spacial score (nSPS) is 16.1. The lowest BCUT2D eigenvalue weighted by Crippen LogP contribution is -2.37. The lowest BCUT2D eigenvalue weighted by Gasteiger charge is -2.27. The fraction of sp³-hybridized carbons (Fsp3) is 0.321. The van der Waals surface area contributed by atoms with Crippen molar-refractivity contribution in [2.45, 2.75) is 44.8 Å². The molecular formula is C28H31NO4. The third kappa shape index (κ3) is 5.62. The standard InChI is InChI=1S/C28H31NO4/c1-2-14-33-27-17-22(11-13-25(27)28(31)32)21-9-8-19-10-12-24(16-23(19)15-21)29-18-26(30)20-6-4-3-5-7-20/h3-9,11,13,15,17,24,26,29-30H,2,10,12,14,16,18H2,1H3,(H,31,32)/t24-,26+/m0/s1. The van der Waals surface area contributed by atoms with Crippen LogP contribution in [0, 0.1) is 0 Å². The Kier molecular flexibility index (Phi) is 7.43. The van der Waals surface area contributed by atoms with Gasteiger partial charge in [-0.25, -0.2) is 4.79 Å². The highest BCUT2D eigenvalue weighted by Gasteiger charge is 2.20. The van der Waals surface area contributed by atoms with E-state index in [-0.39, 0.29) is 5.56 Å². The maximum Gasteiger partial charge on any atom is 0.339 e. The third-order valence-corrected chi connectivity index (χ3v) is 6.23. The number of ether oxygens (including phenoxy) is 1. The molecule has 0 fully saturated rings. The van der Waals surface area contributed by atoms with Gasteiger partial charge >= 0.3 is 5.97 Å². The molecule has 3 aromatic carbocycles. The van der Waals surface area contributed by atoms with E-state index in [0.29, 0.717) is 24.9 Å². The van der Waals surface area contributed by atoms with E-state index in [4.69, 9.17) is 4.74 Å². The maximum absolute atomic E-state index is 11.6. The van der Waals surface area contributed by atoms with Gasteiger partial charge in [-0.05, 0) is 65.6 Å². The van der Waals surface area contributed by atoms with E-state index in [1.54, 1.807) is 6.07 Å². The van der Waals surface area contributed by atoms with Gasteiger partial charge in [0.2, 0.25) is 0 Å². The number of nitrogens with one attached hydrogen (secondary N) is 1. The quantitative estimate of drug-likeness (QED) is 0.431. The predicted molar refractivity (Wildman–Crippen MR) is 130 cm³/mol. The van der Waals surface area contributed by atoms with Gasteiger partial charge in [0.1, 0.15) is 11.3 Å². The van der Waals surface area contributed by atoms with Crippen molar-refractivity contribution in [2.75, 3.05) is 13.2 Å². The Balaban J connectivity index is 1.48. The van der Waals surface area contributed by atoms with E-state index in [0.717, 1.165) is 42.4 Å². The summed E-state index contributed by atoms with van der Waals surface area (Å²) in [6, 6.07) is 21.8. The summed E-state index contributed by atoms with van der Waals surface area (Å²) < 4.78 is 5.72. The number of aryl methyl sites for hydroxylation is 1. The Labute approximate surface area is 195 Å². The van der Waals surface area contributed by atoms with Crippen LogP contribution in [0.1, 0.15) is 52.9 Å². The number of aliphatic hydroxyl groups is 1. The van der Waals surface area contributed by atoms with Crippen molar-refractivity contribution in [3.05, 3.63) is 89.0 Å². The van der Waals surface area contributed by atoms with Gasteiger partial charge in [-0.3, -0.25) is 0 Å². The number of aliphatic hydroxyl groups excluding tert-OH is 1. The van der Waals surface area contributed by atoms with Gasteiger partial charge in [-0.2, -0.15) is 0 Å². The zero-order valence-corrected chi connectivity index (χ0v) is 19.0. The average molecular weight is 446 g/mol. The second-order valence-electron chi connectivity index (χ2n) is 8.62. The number of hydrogen-bond donors (Lipinski definition) is 3. The Morgan fingerprint density at radius 1 is 1.06 bits per heavy atom. The van der Waals surface area contributed by atoms with E-state index in [1.807, 2.05) is 49.4 Å². The minimum atomic E-state index is -0.982. The summed E-state index contributed by atoms with van der Waals surface area (Å²) in [5.74, 6) is -0.571. The van der Waals surface area contributed by atoms with Gasteiger partial charge in [0, 0.05) is 12.6 Å². The molecule has 0 spiro atoms. The molecule has 2 atom stereocenters. The lowest BCUT2D eigenvalue weighted by molar-refractivity contribution is 0.0692. The second kappa shape index (κ2) is 10.6. The fourth-order valence-electron chi connectivity index (χ4n) is 4.39. The van der Waals surface area contributed by atoms with Crippen molar-refractivity contribution in [3.8, 4) is 16.9 Å². The molecule has 4 rings (SSSR count). The average Bonchev–Trinajstić information content (AvgIpc) is 2.85. The predicted octanol–water partition coefficient (Wildman–Crippen LogP) is 5.02. The lowest BCUT2D eigenvalue weighted by atomic mass is 9.86. The Morgan fingerprint density at radius 3 is 2.58 bits per heavy atom. The third-order valence-electron chi connectivity index (χ3n) is 6.23. The van der Waals surface area contributed by atoms with E-state index in [1.165, 1.54) is 11.1 Å². The second-order valence-corrected chi connectivity index (χ2v) is 8.62. The molecule has 0 aromatic heterocycles. The van der Waals surface area contributed by atoms with Crippen LogP contribution in [0.25, 0.3) is 11.1 Å². The first kappa shape index (κ1) is 23.0. The molecule has 0 aliphatic heterocycles. The van der Waals surface area contributed by atoms with Crippen LogP contribution in [0.4, 0.5) is 0 Å². The molecule has 0 bridgehead atoms. The van der Waals surface area contributed by atoms with Crippen molar-refractivity contribution in [1.29, 1.82) is 0 Å². The number of rotatable bonds is 9. The summed E-state index contributed by atoms with van der Waals surface area (Å²) in [7, 11) is 0. The van der Waals surface area contributed by atoms with Gasteiger partial charge in [-0.15, -0.1) is 0 Å². The smallest absolute Gasteiger partial charge is 0.339 e. The largest absolute Gasteiger partial charge is 0.493 e. The van der Waals surface area contributed by atoms with Crippen LogP contribution in [0.15, 0.2) is 66.7 Å². The van der Waals surface area contributed by atoms with Crippen molar-refractivity contribution < 1.29 is 19.7 Å². The summed E-state index contributed by atoms with van der Waals surface area (Å²) in [5.41, 5.74) is 5.76. The summed E-state index contributed by atoms with van der Waals surface area (Å²) in [6.07, 6.45) is 3.23. The van der Waals surface area contributed by atoms with E-state index < -0.39 is 12.1 Å². The van der Waals surface area contributed by atoms with Crippen LogP contribution < -0.4 is 10.1 Å². The zero-order valence-electron chi connectivity index (χ0n) is 19.0. The number of carboxylic acid groups (broad SMARTS) is 1. The molecule has 33 heavy (non-hydrogen) atoms. The number of hydrogen-bond acceptors (Lipinski definition) is 4. The van der Waals surface area contributed by atoms with Gasteiger partial charge in [0.25, 0.3) is 0 Å². The highest BCUT2D eigenvalue weighted by atomic mass is 16.5. The van der Waals surface area contributed by atoms with Crippen LogP contribution in [0.2, 0.25) is 0 Å². The SMILES string of the molecule is CCCOc1cc(-c2ccc3c(c2)C[C@@H](NC[C@@H](O)c2ccccc2)CC3)ccc1C(=O)O. The van der Waals surface area contributed by atoms with Crippen molar-refractivity contribution in [3.63, 3.8) is 0 Å². The first-order chi connectivity index (χ1) is 16.0. The van der Waals surface area contributed by atoms with Crippen molar-refractivity contribution >= 4 is 5.97 Å². The first-order valence-corrected chi connectivity index (χ1v) is 11.6. The van der Waals surface area contributed by atoms with Gasteiger partial charge in [0.15, 0.2) is 0 Å². The molecule has 1 aliphatic rings. The summed E-state index contributed by atoms with van der Waals surface area (Å²) in [5, 5.41) is 23.5. The first-order valence-electron chi connectivity index (χ1n) is 11.6. The van der Waals surface area contributed by atoms with E-state index >= 15 is 0 Å². The van der Waals surface area contributed by atoms with Gasteiger partial charge < -0.3 is 20.3 Å². The molecule has 0 radical (unpaired) electrons. The molecule has 0 saturated heterocycles. The molecule has 172 valence electrons. The minimum absolute atomic E-state index is 0.186. The molecule has 0 amide bonds. The van der Waals surface area contributed by atoms with E-state index in [2.05, 4.69) is 23.5 Å². The van der Waals surface area contributed by atoms with Crippen LogP contribution in [-0.4, -0.2) is 35.4 Å². The van der Waals surface area contributed by atoms with Crippen LogP contribution in [0.5, 0.6) is 5.75 Å².